The molecule has 0 bridgehead atoms. The summed E-state index contributed by atoms with van der Waals surface area (Å²) in [6, 6.07) is 16.7. The predicted octanol–water partition coefficient (Wildman–Crippen LogP) is 3.44. The van der Waals surface area contributed by atoms with Crippen molar-refractivity contribution in [1.82, 2.24) is 10.2 Å². The number of hydrogen-bond acceptors (Lipinski definition) is 2. The molecule has 1 heterocycles. The molecule has 132 valence electrons. The summed E-state index contributed by atoms with van der Waals surface area (Å²) in [4.78, 5) is 6.53. The van der Waals surface area contributed by atoms with Crippen LogP contribution in [-0.4, -0.2) is 37.1 Å². The predicted molar refractivity (Wildman–Crippen MR) is 98.3 cm³/mol. The first kappa shape index (κ1) is 17.3. The SMILES string of the molecule is CN=C(NCc1ccccc1F)N1CCC(Oc2ccccc2)CC1. The molecule has 1 saturated heterocycles. The highest BCUT2D eigenvalue weighted by atomic mass is 19.1. The minimum absolute atomic E-state index is 0.194. The van der Waals surface area contributed by atoms with Gasteiger partial charge in [-0.05, 0) is 18.2 Å². The average Bonchev–Trinajstić information content (AvgIpc) is 2.66. The molecule has 0 aromatic heterocycles. The number of nitrogens with zero attached hydrogens (tertiary/aromatic N) is 2. The molecule has 1 N–H and O–H groups in total. The molecule has 1 aliphatic heterocycles. The van der Waals surface area contributed by atoms with Crippen LogP contribution in [0.1, 0.15) is 18.4 Å². The van der Waals surface area contributed by atoms with E-state index in [0.29, 0.717) is 12.1 Å². The number of rotatable bonds is 4. The molecule has 3 rings (SSSR count). The Labute approximate surface area is 148 Å². The third-order valence-electron chi connectivity index (χ3n) is 4.39. The number of hydrogen-bond donors (Lipinski definition) is 1. The van der Waals surface area contributed by atoms with Crippen LogP contribution in [0.5, 0.6) is 5.75 Å². The average molecular weight is 341 g/mol. The van der Waals surface area contributed by atoms with E-state index in [1.807, 2.05) is 36.4 Å². The van der Waals surface area contributed by atoms with Crippen LogP contribution in [0.3, 0.4) is 0 Å². The van der Waals surface area contributed by atoms with Gasteiger partial charge in [0.15, 0.2) is 5.96 Å². The fourth-order valence-electron chi connectivity index (χ4n) is 3.03. The lowest BCUT2D eigenvalue weighted by molar-refractivity contribution is 0.129. The summed E-state index contributed by atoms with van der Waals surface area (Å²) >= 11 is 0. The van der Waals surface area contributed by atoms with Crippen molar-refractivity contribution in [2.75, 3.05) is 20.1 Å². The Hall–Kier alpha value is -2.56. The minimum Gasteiger partial charge on any atom is -0.490 e. The summed E-state index contributed by atoms with van der Waals surface area (Å²) in [5, 5.41) is 3.26. The van der Waals surface area contributed by atoms with Gasteiger partial charge in [0.2, 0.25) is 0 Å². The zero-order valence-electron chi connectivity index (χ0n) is 14.5. The van der Waals surface area contributed by atoms with Gasteiger partial charge >= 0.3 is 0 Å². The number of likely N-dealkylation sites (tertiary alicyclic amines) is 1. The Morgan fingerprint density at radius 1 is 1.12 bits per heavy atom. The highest BCUT2D eigenvalue weighted by Gasteiger charge is 2.22. The molecular weight excluding hydrogens is 317 g/mol. The van der Waals surface area contributed by atoms with E-state index >= 15 is 0 Å². The molecule has 0 radical (unpaired) electrons. The largest absolute Gasteiger partial charge is 0.490 e. The Bertz CT molecular complexity index is 697. The van der Waals surface area contributed by atoms with Crippen LogP contribution >= 0.6 is 0 Å². The van der Waals surface area contributed by atoms with Crippen molar-refractivity contribution in [1.29, 1.82) is 0 Å². The highest BCUT2D eigenvalue weighted by Crippen LogP contribution is 2.18. The van der Waals surface area contributed by atoms with Gasteiger partial charge in [-0.2, -0.15) is 0 Å². The second-order valence-corrected chi connectivity index (χ2v) is 6.11. The molecule has 25 heavy (non-hydrogen) atoms. The Morgan fingerprint density at radius 3 is 2.48 bits per heavy atom. The Kier molecular flexibility index (Phi) is 5.88. The second kappa shape index (κ2) is 8.51. The van der Waals surface area contributed by atoms with Crippen molar-refractivity contribution in [2.24, 2.45) is 4.99 Å². The molecule has 0 atom stereocenters. The molecular formula is C20H24FN3O. The summed E-state index contributed by atoms with van der Waals surface area (Å²) < 4.78 is 19.8. The van der Waals surface area contributed by atoms with E-state index in [2.05, 4.69) is 15.2 Å². The number of ether oxygens (including phenoxy) is 1. The molecule has 0 spiro atoms. The molecule has 2 aromatic carbocycles. The quantitative estimate of drug-likeness (QED) is 0.684. The molecule has 0 unspecified atom stereocenters. The van der Waals surface area contributed by atoms with Gasteiger partial charge in [0, 0.05) is 45.1 Å². The van der Waals surface area contributed by atoms with Gasteiger partial charge < -0.3 is 15.0 Å². The van der Waals surface area contributed by atoms with E-state index in [9.17, 15) is 4.39 Å². The summed E-state index contributed by atoms with van der Waals surface area (Å²) in [5.74, 6) is 1.53. The van der Waals surface area contributed by atoms with Gasteiger partial charge in [0.1, 0.15) is 17.7 Å². The van der Waals surface area contributed by atoms with Gasteiger partial charge in [-0.25, -0.2) is 4.39 Å². The van der Waals surface area contributed by atoms with E-state index in [1.54, 1.807) is 19.2 Å². The zero-order valence-corrected chi connectivity index (χ0v) is 14.5. The molecule has 1 aliphatic rings. The standard InChI is InChI=1S/C20H24FN3O/c1-22-20(23-15-16-7-5-6-10-19(16)21)24-13-11-18(12-14-24)25-17-8-3-2-4-9-17/h2-10,18H,11-15H2,1H3,(H,22,23). The third-order valence-corrected chi connectivity index (χ3v) is 4.39. The van der Waals surface area contributed by atoms with E-state index < -0.39 is 0 Å². The molecule has 4 nitrogen and oxygen atoms in total. The van der Waals surface area contributed by atoms with Crippen LogP contribution < -0.4 is 10.1 Å². The first-order chi connectivity index (χ1) is 12.3. The molecule has 1 fully saturated rings. The van der Waals surface area contributed by atoms with Crippen molar-refractivity contribution >= 4 is 5.96 Å². The fraction of sp³-hybridized carbons (Fsp3) is 0.350. The lowest BCUT2D eigenvalue weighted by Gasteiger charge is -2.34. The Balaban J connectivity index is 1.50. The maximum absolute atomic E-state index is 13.7. The molecule has 5 heteroatoms. The number of piperidine rings is 1. The van der Waals surface area contributed by atoms with Crippen LogP contribution in [0.4, 0.5) is 4.39 Å². The van der Waals surface area contributed by atoms with E-state index in [4.69, 9.17) is 4.74 Å². The highest BCUT2D eigenvalue weighted by molar-refractivity contribution is 5.80. The van der Waals surface area contributed by atoms with Gasteiger partial charge in [-0.3, -0.25) is 4.99 Å². The number of para-hydroxylation sites is 1. The van der Waals surface area contributed by atoms with E-state index in [1.165, 1.54) is 6.07 Å². The van der Waals surface area contributed by atoms with Crippen molar-refractivity contribution in [3.8, 4) is 5.75 Å². The van der Waals surface area contributed by atoms with Crippen molar-refractivity contribution in [3.63, 3.8) is 0 Å². The number of benzene rings is 2. The number of halogens is 1. The molecule has 0 saturated carbocycles. The first-order valence-corrected chi connectivity index (χ1v) is 8.67. The number of aliphatic imine (C=N–C) groups is 1. The van der Waals surface area contributed by atoms with Gasteiger partial charge in [-0.1, -0.05) is 36.4 Å². The Morgan fingerprint density at radius 2 is 1.80 bits per heavy atom. The summed E-state index contributed by atoms with van der Waals surface area (Å²) in [7, 11) is 1.76. The summed E-state index contributed by atoms with van der Waals surface area (Å²) in [6.07, 6.45) is 2.10. The van der Waals surface area contributed by atoms with Crippen molar-refractivity contribution in [2.45, 2.75) is 25.5 Å². The van der Waals surface area contributed by atoms with E-state index in [0.717, 1.165) is 37.6 Å². The van der Waals surface area contributed by atoms with Crippen molar-refractivity contribution < 1.29 is 9.13 Å². The van der Waals surface area contributed by atoms with E-state index in [-0.39, 0.29) is 11.9 Å². The van der Waals surface area contributed by atoms with Gasteiger partial charge in [0.25, 0.3) is 0 Å². The van der Waals surface area contributed by atoms with Crippen molar-refractivity contribution in [3.05, 3.63) is 66.0 Å². The van der Waals surface area contributed by atoms with Crippen LogP contribution in [0.2, 0.25) is 0 Å². The normalized spacial score (nSPS) is 15.9. The maximum Gasteiger partial charge on any atom is 0.193 e. The maximum atomic E-state index is 13.7. The third kappa shape index (κ3) is 4.72. The van der Waals surface area contributed by atoms with Crippen LogP contribution in [0.25, 0.3) is 0 Å². The fourth-order valence-corrected chi connectivity index (χ4v) is 3.03. The van der Waals surface area contributed by atoms with Gasteiger partial charge in [0.05, 0.1) is 0 Å². The molecule has 0 amide bonds. The smallest absolute Gasteiger partial charge is 0.193 e. The van der Waals surface area contributed by atoms with Crippen LogP contribution in [0.15, 0.2) is 59.6 Å². The lowest BCUT2D eigenvalue weighted by Crippen LogP contribution is -2.47. The second-order valence-electron chi connectivity index (χ2n) is 6.11. The molecule has 0 aliphatic carbocycles. The first-order valence-electron chi connectivity index (χ1n) is 8.67. The minimum atomic E-state index is -0.194. The van der Waals surface area contributed by atoms with Crippen LogP contribution in [0, 0.1) is 5.82 Å². The van der Waals surface area contributed by atoms with Gasteiger partial charge in [-0.15, -0.1) is 0 Å². The zero-order chi connectivity index (χ0) is 17.5. The summed E-state index contributed by atoms with van der Waals surface area (Å²) in [5.41, 5.74) is 0.644. The number of guanidine groups is 1. The summed E-state index contributed by atoms with van der Waals surface area (Å²) in [6.45, 7) is 2.17. The lowest BCUT2D eigenvalue weighted by atomic mass is 10.1. The topological polar surface area (TPSA) is 36.9 Å². The monoisotopic (exact) mass is 341 g/mol. The van der Waals surface area contributed by atoms with Crippen LogP contribution in [-0.2, 0) is 6.54 Å². The molecule has 2 aromatic rings. The number of nitrogens with one attached hydrogen (secondary N) is 1.